The van der Waals surface area contributed by atoms with Crippen molar-refractivity contribution in [2.45, 2.75) is 31.3 Å². The van der Waals surface area contributed by atoms with Gasteiger partial charge in [-0.05, 0) is 0 Å². The van der Waals surface area contributed by atoms with Crippen molar-refractivity contribution in [1.29, 1.82) is 0 Å². The maximum Gasteiger partial charge on any atom is -0.147 e. The molecule has 0 N–H and O–H groups in total. The molecular formula is C13H21Cl2GeZr. The van der Waals surface area contributed by atoms with E-state index in [2.05, 4.69) is 48.8 Å². The molecule has 0 amide bonds. The van der Waals surface area contributed by atoms with Crippen LogP contribution in [-0.4, -0.2) is 10.6 Å². The van der Waals surface area contributed by atoms with E-state index in [0.29, 0.717) is 0 Å². The zero-order chi connectivity index (χ0) is 10.8. The Morgan fingerprint density at radius 3 is 2.24 bits per heavy atom. The van der Waals surface area contributed by atoms with Gasteiger partial charge in [-0.25, -0.2) is 0 Å². The molecule has 0 saturated carbocycles. The van der Waals surface area contributed by atoms with Crippen LogP contribution in [0.15, 0.2) is 42.5 Å². The minimum Gasteiger partial charge on any atom is -0.147 e. The van der Waals surface area contributed by atoms with E-state index in [1.807, 2.05) is 6.56 Å². The fourth-order valence-corrected chi connectivity index (χ4v) is 35.4. The van der Waals surface area contributed by atoms with Gasteiger partial charge >= 0.3 is 104 Å². The Balaban J connectivity index is 0.00000128. The predicted octanol–water partition coefficient (Wildman–Crippen LogP) is 4.51. The van der Waals surface area contributed by atoms with Crippen LogP contribution in [0, 0.1) is 0 Å². The van der Waals surface area contributed by atoms with Gasteiger partial charge in [0, 0.05) is 0 Å². The molecule has 0 heterocycles. The third-order valence-electron chi connectivity index (χ3n) is 3.19. The number of rotatable bonds is 3. The van der Waals surface area contributed by atoms with Gasteiger partial charge in [-0.15, -0.1) is 24.8 Å². The molecule has 0 aromatic rings. The van der Waals surface area contributed by atoms with Crippen LogP contribution < -0.4 is 0 Å². The quantitative estimate of drug-likeness (QED) is 0.599. The van der Waals surface area contributed by atoms with Crippen molar-refractivity contribution in [3.05, 3.63) is 42.5 Å². The summed E-state index contributed by atoms with van der Waals surface area (Å²) >= 11 is -1.30. The maximum atomic E-state index is 2.61. The van der Waals surface area contributed by atoms with Crippen LogP contribution >= 0.6 is 24.8 Å². The molecule has 2 aliphatic rings. The van der Waals surface area contributed by atoms with Crippen LogP contribution in [0.25, 0.3) is 0 Å². The summed E-state index contributed by atoms with van der Waals surface area (Å²) in [6, 6.07) is 0. The first-order valence-corrected chi connectivity index (χ1v) is 21.7. The molecule has 2 aliphatic carbocycles. The van der Waals surface area contributed by atoms with Gasteiger partial charge < -0.3 is 0 Å². The second kappa shape index (κ2) is 8.20. The first kappa shape index (κ1) is 18.0. The predicted molar refractivity (Wildman–Crippen MR) is 81.7 cm³/mol. The number of hydrogen-bond donors (Lipinski definition) is 0. The fraction of sp³-hybridized carbons (Fsp3) is 0.385. The smallest absolute Gasteiger partial charge is 0.147 e. The van der Waals surface area contributed by atoms with Gasteiger partial charge in [0.15, 0.2) is 0 Å². The number of hydrogen-bond acceptors (Lipinski definition) is 0. The molecule has 0 fully saturated rings. The van der Waals surface area contributed by atoms with Crippen LogP contribution in [0.5, 0.6) is 0 Å². The van der Waals surface area contributed by atoms with Gasteiger partial charge in [0.05, 0.1) is 0 Å². The van der Waals surface area contributed by atoms with E-state index < -0.39 is 29.8 Å². The van der Waals surface area contributed by atoms with Crippen LogP contribution in [-0.2, 0) is 19.2 Å². The van der Waals surface area contributed by atoms with E-state index in [9.17, 15) is 0 Å². The minimum atomic E-state index is -1.30. The summed E-state index contributed by atoms with van der Waals surface area (Å²) in [4.78, 5) is 0. The first-order chi connectivity index (χ1) is 7.20. The van der Waals surface area contributed by atoms with Crippen molar-refractivity contribution in [3.8, 4) is 0 Å². The molecule has 4 heteroatoms. The Kier molecular flexibility index (Phi) is 8.67. The Labute approximate surface area is 127 Å². The van der Waals surface area contributed by atoms with Crippen molar-refractivity contribution in [2.24, 2.45) is 0 Å². The largest absolute Gasteiger partial charge is 0.147 e. The molecule has 0 radical (unpaired) electrons. The summed E-state index contributed by atoms with van der Waals surface area (Å²) in [5.41, 5.74) is 1.62. The zero-order valence-corrected chi connectivity index (χ0v) is 17.2. The van der Waals surface area contributed by atoms with Crippen LogP contribution in [0.1, 0.15) is 19.8 Å². The summed E-state index contributed by atoms with van der Waals surface area (Å²) in [6.07, 6.45) is 14.4. The van der Waals surface area contributed by atoms with Gasteiger partial charge in [-0.3, -0.25) is 0 Å². The van der Waals surface area contributed by atoms with Crippen molar-refractivity contribution >= 4 is 35.4 Å². The average molecular weight is 412 g/mol. The van der Waals surface area contributed by atoms with Crippen molar-refractivity contribution in [3.63, 3.8) is 0 Å². The van der Waals surface area contributed by atoms with Crippen molar-refractivity contribution in [2.75, 3.05) is 0 Å². The summed E-state index contributed by atoms with van der Waals surface area (Å²) < 4.78 is 3.80. The molecule has 95 valence electrons. The maximum absolute atomic E-state index is 2.61. The van der Waals surface area contributed by atoms with Gasteiger partial charge in [0.25, 0.3) is 0 Å². The van der Waals surface area contributed by atoms with Gasteiger partial charge in [-0.1, -0.05) is 0 Å². The van der Waals surface area contributed by atoms with E-state index in [0.717, 1.165) is 0 Å². The molecule has 0 spiro atoms. The van der Waals surface area contributed by atoms with Crippen molar-refractivity contribution < 1.29 is 19.2 Å². The number of halogens is 2. The van der Waals surface area contributed by atoms with Gasteiger partial charge in [0.2, 0.25) is 0 Å². The topological polar surface area (TPSA) is 0 Å². The standard InChI is InChI=1S/C6H7.C5H5.C2H7Ge.2ClH.Zr/c1-6-4-2-3-5-6;1-2-4-5-3-1;1-3-2;;;/h2,4H,3H2,1H3;1-3H,4H2;3H,1-2H3;2*1H;. The average Bonchev–Trinajstić information content (AvgIpc) is 2.79. The molecular weight excluding hydrogens is 391 g/mol. The third kappa shape index (κ3) is 4.23. The molecule has 17 heavy (non-hydrogen) atoms. The molecule has 0 aliphatic heterocycles. The Morgan fingerprint density at radius 2 is 1.82 bits per heavy atom. The molecule has 0 aromatic carbocycles. The Bertz CT molecular complexity index is 381. The molecule has 0 unspecified atom stereocenters. The molecule has 0 saturated heterocycles. The zero-order valence-electron chi connectivity index (χ0n) is 10.7. The van der Waals surface area contributed by atoms with Crippen LogP contribution in [0.3, 0.4) is 0 Å². The fourth-order valence-electron chi connectivity index (χ4n) is 2.50. The SMILES string of the molecule is CC1=[C]([Zr]([C]2=CC=CC2)[GeH]([CH3])[CH3])CC=C1.Cl.Cl. The normalized spacial score (nSPS) is 17.1. The molecule has 0 nitrogen and oxygen atoms in total. The Hall–Kier alpha value is 0.966. The molecule has 0 bridgehead atoms. The van der Waals surface area contributed by atoms with E-state index in [4.69, 9.17) is 0 Å². The summed E-state index contributed by atoms with van der Waals surface area (Å²) in [7, 11) is -0.911. The van der Waals surface area contributed by atoms with E-state index in [1.165, 1.54) is 12.8 Å². The van der Waals surface area contributed by atoms with E-state index >= 15 is 0 Å². The van der Waals surface area contributed by atoms with Crippen molar-refractivity contribution in [1.82, 2.24) is 0 Å². The summed E-state index contributed by atoms with van der Waals surface area (Å²) in [5, 5.41) is 0. The molecule has 2 rings (SSSR count). The molecule has 0 aromatic heterocycles. The van der Waals surface area contributed by atoms with Gasteiger partial charge in [-0.2, -0.15) is 0 Å². The minimum absolute atomic E-state index is 0. The molecule has 0 atom stereocenters. The van der Waals surface area contributed by atoms with E-state index in [1.54, 1.807) is 5.57 Å². The summed E-state index contributed by atoms with van der Waals surface area (Å²) in [5.74, 6) is 5.22. The second-order valence-corrected chi connectivity index (χ2v) is 36.5. The second-order valence-electron chi connectivity index (χ2n) is 4.66. The summed E-state index contributed by atoms with van der Waals surface area (Å²) in [6.45, 7) is 2.33. The van der Waals surface area contributed by atoms with Crippen LogP contribution in [0.4, 0.5) is 0 Å². The first-order valence-electron chi connectivity index (χ1n) is 5.79. The monoisotopic (exact) mass is 411 g/mol. The Morgan fingerprint density at radius 1 is 1.12 bits per heavy atom. The van der Waals surface area contributed by atoms with Crippen LogP contribution in [0.2, 0.25) is 11.5 Å². The van der Waals surface area contributed by atoms with E-state index in [-0.39, 0.29) is 24.8 Å². The van der Waals surface area contributed by atoms with Gasteiger partial charge in [0.1, 0.15) is 0 Å². The third-order valence-corrected chi connectivity index (χ3v) is 35.0. The number of allylic oxidation sites excluding steroid dienone is 8.